The second-order valence-electron chi connectivity index (χ2n) is 10.3. The van der Waals surface area contributed by atoms with Crippen molar-refractivity contribution in [2.75, 3.05) is 0 Å². The number of hydrogen-bond acceptors (Lipinski definition) is 4. The highest BCUT2D eigenvalue weighted by Gasteiger charge is 2.19. The highest BCUT2D eigenvalue weighted by Crippen LogP contribution is 2.40. The van der Waals surface area contributed by atoms with Gasteiger partial charge in [-0.05, 0) is 40.8 Å². The molecule has 0 aliphatic carbocycles. The van der Waals surface area contributed by atoms with Crippen LogP contribution in [-0.2, 0) is 0 Å². The van der Waals surface area contributed by atoms with Gasteiger partial charge in [-0.15, -0.1) is 0 Å². The van der Waals surface area contributed by atoms with Crippen LogP contribution < -0.4 is 0 Å². The van der Waals surface area contributed by atoms with E-state index in [1.54, 1.807) is 0 Å². The largest absolute Gasteiger partial charge is 0.455 e. The topological polar surface area (TPSA) is 51.8 Å². The van der Waals surface area contributed by atoms with Crippen LogP contribution in [0.15, 0.2) is 174 Å². The van der Waals surface area contributed by atoms with Gasteiger partial charge < -0.3 is 4.42 Å². The maximum atomic E-state index is 9.26. The molecule has 4 heteroatoms. The Balaban J connectivity index is 1.42. The molecule has 7 aromatic carbocycles. The molecule has 2 heterocycles. The van der Waals surface area contributed by atoms with E-state index in [0.29, 0.717) is 0 Å². The molecule has 0 radical (unpaired) electrons. The molecule has 236 valence electrons. The van der Waals surface area contributed by atoms with Crippen LogP contribution in [0.5, 0.6) is 0 Å². The molecule has 0 spiro atoms. The summed E-state index contributed by atoms with van der Waals surface area (Å²) in [5.41, 5.74) is -8.04. The van der Waals surface area contributed by atoms with Gasteiger partial charge >= 0.3 is 0 Å². The fourth-order valence-corrected chi connectivity index (χ4v) is 4.84. The molecule has 4 nitrogen and oxygen atoms in total. The predicted molar refractivity (Wildman–Crippen MR) is 204 cm³/mol. The SMILES string of the molecule is [2H]c1c([2H])c([2H])c(-c2nc(-c3c([2H])c([2H])c(-c4c([2H])c([2H])c(C)c([2H])c4[2H])c([2H])c3[2H])nc(-c3c([2H])c([2H])c([2H])c4c3oc3c(-c5c([2H])c([2H])c(-c6c([2H])c([2H])c([2H])c([2H])c6[2H])c([2H])c5[2H])c([2H])c([2H])c([2H])c34)n2)c([2H])c1[2H]. The first-order valence-electron chi connectivity index (χ1n) is 28.5. The van der Waals surface area contributed by atoms with Gasteiger partial charge in [0.25, 0.3) is 0 Å². The smallest absolute Gasteiger partial charge is 0.167 e. The Morgan fingerprint density at radius 2 is 0.760 bits per heavy atom. The molecule has 0 aliphatic heterocycles. The third-order valence-electron chi connectivity index (χ3n) is 7.17. The van der Waals surface area contributed by atoms with E-state index in [1.165, 1.54) is 6.92 Å². The zero-order chi connectivity index (χ0) is 57.8. The Labute approximate surface area is 329 Å². The molecule has 0 atom stereocenters. The number of para-hydroxylation sites is 2. The molecule has 0 amide bonds. The van der Waals surface area contributed by atoms with E-state index in [2.05, 4.69) is 15.0 Å². The third kappa shape index (κ3) is 5.43. The van der Waals surface area contributed by atoms with Gasteiger partial charge in [0.1, 0.15) is 11.2 Å². The summed E-state index contributed by atoms with van der Waals surface area (Å²) in [5, 5.41) is -1.15. The molecule has 0 unspecified atom stereocenters. The van der Waals surface area contributed by atoms with Crippen molar-refractivity contribution in [2.45, 2.75) is 6.92 Å². The summed E-state index contributed by atoms with van der Waals surface area (Å²) in [6.07, 6.45) is 0. The van der Waals surface area contributed by atoms with Gasteiger partial charge in [-0.2, -0.15) is 0 Å². The van der Waals surface area contributed by atoms with E-state index < -0.39 is 259 Å². The maximum absolute atomic E-state index is 9.26. The lowest BCUT2D eigenvalue weighted by Crippen LogP contribution is -2.00. The van der Waals surface area contributed by atoms with Crippen molar-refractivity contribution in [3.63, 3.8) is 0 Å². The summed E-state index contributed by atoms with van der Waals surface area (Å²) in [6.45, 7) is 1.31. The Bertz CT molecular complexity index is 4120. The maximum Gasteiger partial charge on any atom is 0.167 e. The average Bonchev–Trinajstić information content (AvgIpc) is 3.88. The van der Waals surface area contributed by atoms with E-state index in [4.69, 9.17) is 38.7 Å². The second kappa shape index (κ2) is 12.4. The molecule has 2 aromatic heterocycles. The van der Waals surface area contributed by atoms with Crippen molar-refractivity contribution in [3.05, 3.63) is 175 Å². The summed E-state index contributed by atoms with van der Waals surface area (Å²) in [4.78, 5) is 13.0. The number of rotatable bonds is 6. The van der Waals surface area contributed by atoms with Crippen LogP contribution in [0.2, 0.25) is 0 Å². The van der Waals surface area contributed by atoms with E-state index in [0.717, 1.165) is 0 Å². The van der Waals surface area contributed by atoms with Crippen molar-refractivity contribution in [1.29, 1.82) is 0 Å². The zero-order valence-electron chi connectivity index (χ0n) is 53.2. The minimum absolute atomic E-state index is 0.0778. The van der Waals surface area contributed by atoms with Gasteiger partial charge in [0.15, 0.2) is 17.5 Å². The number of hydrogen-bond donors (Lipinski definition) is 0. The standard InChI is InChI=1S/C46H31N3O/c1-30-18-20-32(21-19-30)34-24-28-37(29-25-34)45-47-44(36-12-6-3-7-13-36)48-46(49-45)41-17-9-16-40-39-15-8-14-38(42(39)50-43(40)41)35-26-22-33(23-27-35)31-10-4-2-5-11-31/h2-29H,1H3/i2D,3D,4D,5D,6D,7D,8D,9D,10D,11D,12D,13D,14D,15D,16D,17D,18D,19D,20D,21D,22D,23D,24D,25D,26D,27D,28D,29D. The van der Waals surface area contributed by atoms with Crippen LogP contribution in [-0.4, -0.2) is 15.0 Å². The molecule has 9 aromatic rings. The molecule has 0 N–H and O–H groups in total. The molecule has 0 bridgehead atoms. The number of aromatic nitrogens is 3. The van der Waals surface area contributed by atoms with E-state index in [1.807, 2.05) is 0 Å². The Kier molecular flexibility index (Phi) is 3.07. The Morgan fingerprint density at radius 1 is 0.360 bits per heavy atom. The van der Waals surface area contributed by atoms with Crippen molar-refractivity contribution in [2.24, 2.45) is 0 Å². The normalized spacial score (nSPS) is 19.1. The van der Waals surface area contributed by atoms with Crippen LogP contribution in [0.25, 0.3) is 89.5 Å². The van der Waals surface area contributed by atoms with Crippen molar-refractivity contribution in [3.8, 4) is 67.5 Å². The van der Waals surface area contributed by atoms with Gasteiger partial charge in [0, 0.05) is 27.5 Å². The van der Waals surface area contributed by atoms with Crippen LogP contribution in [0, 0.1) is 6.92 Å². The summed E-state index contributed by atoms with van der Waals surface area (Å²) in [5.74, 6) is -2.57. The van der Waals surface area contributed by atoms with Crippen molar-refractivity contribution in [1.82, 2.24) is 15.0 Å². The summed E-state index contributed by atoms with van der Waals surface area (Å²) >= 11 is 0. The first-order valence-corrected chi connectivity index (χ1v) is 14.5. The summed E-state index contributed by atoms with van der Waals surface area (Å²) in [7, 11) is 0. The van der Waals surface area contributed by atoms with Crippen LogP contribution in [0.4, 0.5) is 0 Å². The summed E-state index contributed by atoms with van der Waals surface area (Å²) < 4.78 is 252. The Hall–Kier alpha value is -6.65. The van der Waals surface area contributed by atoms with E-state index in [-0.39, 0.29) is 5.56 Å². The van der Waals surface area contributed by atoms with Gasteiger partial charge in [0.2, 0.25) is 0 Å². The second-order valence-corrected chi connectivity index (χ2v) is 10.3. The average molecular weight is 670 g/mol. The quantitative estimate of drug-likeness (QED) is 0.177. The van der Waals surface area contributed by atoms with Gasteiger partial charge in [-0.3, -0.25) is 0 Å². The molecule has 0 fully saturated rings. The Morgan fingerprint density at radius 3 is 1.34 bits per heavy atom. The minimum Gasteiger partial charge on any atom is -0.455 e. The van der Waals surface area contributed by atoms with Crippen LogP contribution >= 0.6 is 0 Å². The first kappa shape index (κ1) is 12.3. The fraction of sp³-hybridized carbons (Fsp3) is 0.0217. The molecular formula is C46H31N3O. The van der Waals surface area contributed by atoms with Gasteiger partial charge in [-0.25, -0.2) is 15.0 Å². The number of benzene rings is 7. The molecular weight excluding hydrogens is 611 g/mol. The molecule has 0 saturated carbocycles. The number of nitrogens with zero attached hydrogens (tertiary/aromatic N) is 3. The molecule has 50 heavy (non-hydrogen) atoms. The number of furan rings is 1. The van der Waals surface area contributed by atoms with Crippen molar-refractivity contribution < 1.29 is 42.8 Å². The lowest BCUT2D eigenvalue weighted by atomic mass is 9.99. The van der Waals surface area contributed by atoms with Gasteiger partial charge in [-0.1, -0.05) is 169 Å². The fourth-order valence-electron chi connectivity index (χ4n) is 4.84. The van der Waals surface area contributed by atoms with E-state index in [9.17, 15) is 4.11 Å². The van der Waals surface area contributed by atoms with Crippen LogP contribution in [0.3, 0.4) is 0 Å². The lowest BCUT2D eigenvalue weighted by Gasteiger charge is -2.09. The predicted octanol–water partition coefficient (Wildman–Crippen LogP) is 12.1. The van der Waals surface area contributed by atoms with Gasteiger partial charge in [0.05, 0.1) is 43.9 Å². The molecule has 0 aliphatic rings. The number of fused-ring (bicyclic) bond motifs is 3. The zero-order valence-corrected chi connectivity index (χ0v) is 25.2. The summed E-state index contributed by atoms with van der Waals surface area (Å²) in [6, 6.07) is -24.7. The third-order valence-corrected chi connectivity index (χ3v) is 7.17. The van der Waals surface area contributed by atoms with E-state index >= 15 is 0 Å². The first-order chi connectivity index (χ1) is 36.3. The molecule has 9 rings (SSSR count). The van der Waals surface area contributed by atoms with Crippen LogP contribution in [0.1, 0.15) is 43.9 Å². The molecule has 0 saturated heterocycles. The lowest BCUT2D eigenvalue weighted by molar-refractivity contribution is 0.670. The minimum atomic E-state index is -1.00. The van der Waals surface area contributed by atoms with Crippen molar-refractivity contribution >= 4 is 21.9 Å². The highest BCUT2D eigenvalue weighted by molar-refractivity contribution is 6.12. The highest BCUT2D eigenvalue weighted by atomic mass is 16.3. The monoisotopic (exact) mass is 669 g/mol.